The molecule has 1 saturated carbocycles. The van der Waals surface area contributed by atoms with Gasteiger partial charge < -0.3 is 15.2 Å². The SMILES string of the molecule is CC[C@H]1C[C@]1(NC(=O)[C@@H]1C[C@@H](OCc2cccc3ccccc23)CN1CC)C(=O)O. The zero-order valence-electron chi connectivity index (χ0n) is 17.6. The molecule has 1 aliphatic heterocycles. The van der Waals surface area contributed by atoms with E-state index in [1.165, 1.54) is 10.8 Å². The van der Waals surface area contributed by atoms with Crippen molar-refractivity contribution in [3.63, 3.8) is 0 Å². The summed E-state index contributed by atoms with van der Waals surface area (Å²) in [5, 5.41) is 14.8. The molecule has 0 bridgehead atoms. The third-order valence-electron chi connectivity index (χ3n) is 6.75. The summed E-state index contributed by atoms with van der Waals surface area (Å²) in [5.74, 6) is -1.09. The summed E-state index contributed by atoms with van der Waals surface area (Å²) in [7, 11) is 0. The average molecular weight is 411 g/mol. The van der Waals surface area contributed by atoms with Crippen LogP contribution >= 0.6 is 0 Å². The minimum absolute atomic E-state index is 0.0221. The molecular formula is C24H30N2O4. The summed E-state index contributed by atoms with van der Waals surface area (Å²) in [6.07, 6.45) is 1.80. The Balaban J connectivity index is 1.40. The van der Waals surface area contributed by atoms with E-state index in [2.05, 4.69) is 34.5 Å². The van der Waals surface area contributed by atoms with Crippen molar-refractivity contribution in [1.29, 1.82) is 0 Å². The maximum Gasteiger partial charge on any atom is 0.329 e. The number of aliphatic carboxylic acids is 1. The highest BCUT2D eigenvalue weighted by Gasteiger charge is 2.61. The van der Waals surface area contributed by atoms with Crippen LogP contribution in [-0.2, 0) is 20.9 Å². The van der Waals surface area contributed by atoms with E-state index in [-0.39, 0.29) is 24.0 Å². The molecule has 6 heteroatoms. The van der Waals surface area contributed by atoms with Crippen LogP contribution in [0.1, 0.15) is 38.7 Å². The number of carbonyl (C=O) groups is 2. The highest BCUT2D eigenvalue weighted by Crippen LogP contribution is 2.46. The van der Waals surface area contributed by atoms with Crippen LogP contribution < -0.4 is 5.32 Å². The molecule has 2 N–H and O–H groups in total. The molecule has 4 rings (SSSR count). The van der Waals surface area contributed by atoms with E-state index >= 15 is 0 Å². The minimum atomic E-state index is -1.08. The van der Waals surface area contributed by atoms with Gasteiger partial charge in [0.25, 0.3) is 0 Å². The maximum absolute atomic E-state index is 13.0. The standard InChI is InChI=1S/C24H30N2O4/c1-3-18-13-24(18,23(28)29)25-22(27)21-12-19(14-26(21)4-2)30-15-17-10-7-9-16-8-5-6-11-20(16)17/h5-11,18-19,21H,3-4,12-15H2,1-2H3,(H,25,27)(H,28,29)/t18-,19+,21-,24+/m0/s1. The van der Waals surface area contributed by atoms with Gasteiger partial charge in [0.15, 0.2) is 0 Å². The Kier molecular flexibility index (Phi) is 5.80. The van der Waals surface area contributed by atoms with Gasteiger partial charge in [0, 0.05) is 6.54 Å². The molecule has 0 spiro atoms. The molecule has 0 radical (unpaired) electrons. The zero-order valence-corrected chi connectivity index (χ0v) is 17.6. The monoisotopic (exact) mass is 410 g/mol. The van der Waals surface area contributed by atoms with Gasteiger partial charge in [0.2, 0.25) is 5.91 Å². The van der Waals surface area contributed by atoms with Crippen molar-refractivity contribution in [2.45, 2.75) is 57.4 Å². The van der Waals surface area contributed by atoms with Crippen LogP contribution in [0.25, 0.3) is 10.8 Å². The molecule has 1 saturated heterocycles. The zero-order chi connectivity index (χ0) is 21.3. The normalized spacial score (nSPS) is 28.5. The Morgan fingerprint density at radius 1 is 1.20 bits per heavy atom. The fraction of sp³-hybridized carbons (Fsp3) is 0.500. The largest absolute Gasteiger partial charge is 0.479 e. The first-order valence-electron chi connectivity index (χ1n) is 10.9. The van der Waals surface area contributed by atoms with Gasteiger partial charge in [-0.25, -0.2) is 4.79 Å². The van der Waals surface area contributed by atoms with Gasteiger partial charge in [-0.1, -0.05) is 62.7 Å². The molecule has 1 aliphatic carbocycles. The van der Waals surface area contributed by atoms with Crippen molar-refractivity contribution >= 4 is 22.6 Å². The van der Waals surface area contributed by atoms with Crippen LogP contribution in [0.2, 0.25) is 0 Å². The Hall–Kier alpha value is -2.44. The molecule has 0 unspecified atom stereocenters. The van der Waals surface area contributed by atoms with Crippen molar-refractivity contribution in [3.05, 3.63) is 48.0 Å². The summed E-state index contributed by atoms with van der Waals surface area (Å²) in [5.41, 5.74) is 0.0605. The number of likely N-dealkylation sites (tertiary alicyclic amines) is 1. The number of likely N-dealkylation sites (N-methyl/N-ethyl adjacent to an activating group) is 1. The first-order valence-corrected chi connectivity index (χ1v) is 10.9. The van der Waals surface area contributed by atoms with E-state index < -0.39 is 11.5 Å². The Labute approximate surface area is 177 Å². The molecule has 2 aromatic carbocycles. The second-order valence-corrected chi connectivity index (χ2v) is 8.49. The van der Waals surface area contributed by atoms with Crippen LogP contribution in [0.4, 0.5) is 0 Å². The smallest absolute Gasteiger partial charge is 0.329 e. The number of carboxylic acid groups (broad SMARTS) is 1. The van der Waals surface area contributed by atoms with E-state index in [1.807, 2.05) is 32.0 Å². The Morgan fingerprint density at radius 3 is 2.67 bits per heavy atom. The first-order chi connectivity index (χ1) is 14.5. The van der Waals surface area contributed by atoms with Gasteiger partial charge in [-0.3, -0.25) is 9.69 Å². The molecule has 1 heterocycles. The number of amides is 1. The highest BCUT2D eigenvalue weighted by molar-refractivity contribution is 5.92. The topological polar surface area (TPSA) is 78.9 Å². The van der Waals surface area contributed by atoms with Crippen molar-refractivity contribution in [1.82, 2.24) is 10.2 Å². The Morgan fingerprint density at radius 2 is 1.97 bits per heavy atom. The number of rotatable bonds is 8. The van der Waals surface area contributed by atoms with Gasteiger partial charge >= 0.3 is 5.97 Å². The third-order valence-corrected chi connectivity index (χ3v) is 6.75. The van der Waals surface area contributed by atoms with Crippen LogP contribution in [0.15, 0.2) is 42.5 Å². The van der Waals surface area contributed by atoms with E-state index in [0.717, 1.165) is 18.5 Å². The molecule has 4 atom stereocenters. The van der Waals surface area contributed by atoms with Crippen LogP contribution in [-0.4, -0.2) is 52.7 Å². The van der Waals surface area contributed by atoms with Crippen LogP contribution in [0.3, 0.4) is 0 Å². The number of carboxylic acids is 1. The fourth-order valence-corrected chi connectivity index (χ4v) is 4.82. The second-order valence-electron chi connectivity index (χ2n) is 8.49. The van der Waals surface area contributed by atoms with Crippen LogP contribution in [0, 0.1) is 5.92 Å². The molecule has 2 fully saturated rings. The number of benzene rings is 2. The third kappa shape index (κ3) is 3.82. The van der Waals surface area contributed by atoms with E-state index in [9.17, 15) is 14.7 Å². The van der Waals surface area contributed by atoms with E-state index in [0.29, 0.717) is 26.0 Å². The van der Waals surface area contributed by atoms with Gasteiger partial charge in [0.1, 0.15) is 5.54 Å². The number of fused-ring (bicyclic) bond motifs is 1. The first kappa shape index (κ1) is 20.8. The molecule has 6 nitrogen and oxygen atoms in total. The van der Waals surface area contributed by atoms with Gasteiger partial charge in [-0.2, -0.15) is 0 Å². The summed E-state index contributed by atoms with van der Waals surface area (Å²) in [6.45, 7) is 5.88. The second kappa shape index (κ2) is 8.36. The quantitative estimate of drug-likeness (QED) is 0.699. The van der Waals surface area contributed by atoms with Crippen molar-refractivity contribution in [2.75, 3.05) is 13.1 Å². The number of hydrogen-bond donors (Lipinski definition) is 2. The summed E-state index contributed by atoms with van der Waals surface area (Å²) in [4.78, 5) is 26.8. The fourth-order valence-electron chi connectivity index (χ4n) is 4.82. The number of hydrogen-bond acceptors (Lipinski definition) is 4. The molecule has 1 amide bonds. The lowest BCUT2D eigenvalue weighted by molar-refractivity contribution is -0.144. The lowest BCUT2D eigenvalue weighted by atomic mass is 10.1. The highest BCUT2D eigenvalue weighted by atomic mass is 16.5. The summed E-state index contributed by atoms with van der Waals surface area (Å²) in [6, 6.07) is 14.1. The predicted octanol–water partition coefficient (Wildman–Crippen LogP) is 3.19. The number of nitrogens with zero attached hydrogens (tertiary/aromatic N) is 1. The molecule has 2 aromatic rings. The van der Waals surface area contributed by atoms with Crippen molar-refractivity contribution in [3.8, 4) is 0 Å². The Bertz CT molecular complexity index is 940. The molecular weight excluding hydrogens is 380 g/mol. The van der Waals surface area contributed by atoms with E-state index in [1.54, 1.807) is 0 Å². The number of carbonyl (C=O) groups excluding carboxylic acids is 1. The van der Waals surface area contributed by atoms with E-state index in [4.69, 9.17) is 4.74 Å². The molecule has 160 valence electrons. The average Bonchev–Trinajstić information content (AvgIpc) is 3.32. The lowest BCUT2D eigenvalue weighted by Gasteiger charge is -2.24. The van der Waals surface area contributed by atoms with Gasteiger partial charge in [0.05, 0.1) is 18.8 Å². The number of nitrogens with one attached hydrogen (secondary N) is 1. The summed E-state index contributed by atoms with van der Waals surface area (Å²) >= 11 is 0. The molecule has 0 aromatic heterocycles. The van der Waals surface area contributed by atoms with Crippen LogP contribution in [0.5, 0.6) is 0 Å². The minimum Gasteiger partial charge on any atom is -0.479 e. The number of ether oxygens (including phenoxy) is 1. The maximum atomic E-state index is 13.0. The molecule has 30 heavy (non-hydrogen) atoms. The van der Waals surface area contributed by atoms with Gasteiger partial charge in [-0.15, -0.1) is 0 Å². The predicted molar refractivity (Wildman–Crippen MR) is 115 cm³/mol. The lowest BCUT2D eigenvalue weighted by Crippen LogP contribution is -2.51. The van der Waals surface area contributed by atoms with Crippen molar-refractivity contribution in [2.24, 2.45) is 5.92 Å². The van der Waals surface area contributed by atoms with Gasteiger partial charge in [-0.05, 0) is 41.6 Å². The summed E-state index contributed by atoms with van der Waals surface area (Å²) < 4.78 is 6.21. The van der Waals surface area contributed by atoms with Crippen molar-refractivity contribution < 1.29 is 19.4 Å². The molecule has 2 aliphatic rings.